The summed E-state index contributed by atoms with van der Waals surface area (Å²) in [5, 5.41) is 7.80. The maximum Gasteiger partial charge on any atom is 0.317 e. The first-order valence-corrected chi connectivity index (χ1v) is 12.9. The molecular weight excluding hydrogens is 416 g/mol. The summed E-state index contributed by atoms with van der Waals surface area (Å²) < 4.78 is 5.52. The second kappa shape index (κ2) is 12.4. The topological polar surface area (TPSA) is 65.1 Å². The van der Waals surface area contributed by atoms with Crippen molar-refractivity contribution >= 4 is 12.0 Å². The number of hydrogen-bond acceptors (Lipinski definition) is 5. The van der Waals surface area contributed by atoms with Crippen molar-refractivity contribution in [1.29, 1.82) is 0 Å². The number of rotatable bonds is 7. The van der Waals surface area contributed by atoms with Gasteiger partial charge in [0.1, 0.15) is 6.10 Å². The van der Waals surface area contributed by atoms with Crippen LogP contribution in [-0.2, 0) is 16.0 Å². The van der Waals surface area contributed by atoms with Gasteiger partial charge >= 0.3 is 12.0 Å². The molecule has 0 atom stereocenters. The van der Waals surface area contributed by atoms with Gasteiger partial charge in [-0.1, -0.05) is 36.8 Å². The second-order valence-corrected chi connectivity index (χ2v) is 9.76. The van der Waals surface area contributed by atoms with Gasteiger partial charge in [-0.05, 0) is 56.4 Å². The summed E-state index contributed by atoms with van der Waals surface area (Å²) in [6, 6.07) is 10.7. The third-order valence-electron chi connectivity index (χ3n) is 7.36. The zero-order valence-corrected chi connectivity index (χ0v) is 19.9. The second-order valence-electron chi connectivity index (χ2n) is 9.76. The number of esters is 1. The molecule has 0 spiro atoms. The molecule has 4 rings (SSSR count). The molecule has 2 saturated heterocycles. The molecule has 1 aromatic carbocycles. The lowest BCUT2D eigenvalue weighted by Gasteiger charge is -2.44. The van der Waals surface area contributed by atoms with E-state index in [1.54, 1.807) is 0 Å². The maximum absolute atomic E-state index is 12.5. The Kier molecular flexibility index (Phi) is 9.01. The minimum Gasteiger partial charge on any atom is -0.462 e. The van der Waals surface area contributed by atoms with Crippen molar-refractivity contribution in [2.45, 2.75) is 63.9 Å². The number of carbonyl (C=O) groups is 2. The van der Waals surface area contributed by atoms with Gasteiger partial charge in [0.05, 0.1) is 6.42 Å². The normalized spacial score (nSPS) is 21.6. The molecule has 0 radical (unpaired) electrons. The highest BCUT2D eigenvalue weighted by molar-refractivity contribution is 5.75. The molecule has 1 aromatic rings. The smallest absolute Gasteiger partial charge is 0.317 e. The molecule has 3 fully saturated rings. The number of nitrogens with zero attached hydrogens (tertiary/aromatic N) is 3. The molecule has 2 heterocycles. The van der Waals surface area contributed by atoms with Crippen molar-refractivity contribution in [3.05, 3.63) is 35.9 Å². The molecule has 182 valence electrons. The van der Waals surface area contributed by atoms with Gasteiger partial charge in [0.2, 0.25) is 0 Å². The van der Waals surface area contributed by atoms with Crippen molar-refractivity contribution in [1.82, 2.24) is 20.2 Å². The lowest BCUT2D eigenvalue weighted by Crippen LogP contribution is -2.58. The van der Waals surface area contributed by atoms with Gasteiger partial charge in [-0.15, -0.1) is 0 Å². The van der Waals surface area contributed by atoms with Crippen molar-refractivity contribution in [3.8, 4) is 0 Å². The van der Waals surface area contributed by atoms with Crippen LogP contribution in [0, 0.1) is 5.92 Å². The van der Waals surface area contributed by atoms with Crippen LogP contribution in [0.1, 0.15) is 56.9 Å². The van der Waals surface area contributed by atoms with E-state index in [4.69, 9.17) is 4.74 Å². The summed E-state index contributed by atoms with van der Waals surface area (Å²) in [5.41, 5.74) is 1.44. The first-order chi connectivity index (χ1) is 16.2. The van der Waals surface area contributed by atoms with E-state index in [1.807, 2.05) is 4.90 Å². The van der Waals surface area contributed by atoms with E-state index >= 15 is 0 Å². The van der Waals surface area contributed by atoms with Crippen LogP contribution >= 0.6 is 0 Å². The summed E-state index contributed by atoms with van der Waals surface area (Å²) in [6.07, 6.45) is 9.46. The number of hydrogen-bond donors (Lipinski definition) is 1. The first kappa shape index (κ1) is 24.0. The SMILES string of the molecule is O=C(CCNC(=O)N1CCN(N2CCC(Cc3ccccc3)CC2)CC1)OC1CCCCC1. The third kappa shape index (κ3) is 7.44. The maximum atomic E-state index is 12.5. The first-order valence-electron chi connectivity index (χ1n) is 12.9. The fraction of sp³-hybridized carbons (Fsp3) is 0.692. The lowest BCUT2D eigenvalue weighted by atomic mass is 9.91. The Labute approximate surface area is 198 Å². The molecule has 2 amide bonds. The number of amides is 2. The largest absolute Gasteiger partial charge is 0.462 e. The monoisotopic (exact) mass is 456 g/mol. The van der Waals surface area contributed by atoms with Gasteiger partial charge in [0.15, 0.2) is 0 Å². The Morgan fingerprint density at radius 3 is 2.21 bits per heavy atom. The number of benzene rings is 1. The van der Waals surface area contributed by atoms with E-state index in [1.165, 1.54) is 31.2 Å². The van der Waals surface area contributed by atoms with Crippen LogP contribution in [0.2, 0.25) is 0 Å². The van der Waals surface area contributed by atoms with E-state index in [0.29, 0.717) is 6.54 Å². The standard InChI is InChI=1S/C26H40N4O3/c31-25(33-24-9-5-2-6-10-24)11-14-27-26(32)28-17-19-30(20-18-28)29-15-12-23(13-16-29)21-22-7-3-1-4-8-22/h1,3-4,7-8,23-24H,2,5-6,9-21H2,(H,27,32). The number of piperidine rings is 1. The summed E-state index contributed by atoms with van der Waals surface area (Å²) in [6.45, 7) is 5.75. The van der Waals surface area contributed by atoms with Crippen LogP contribution in [0.25, 0.3) is 0 Å². The van der Waals surface area contributed by atoms with Gasteiger partial charge in [0, 0.05) is 45.8 Å². The van der Waals surface area contributed by atoms with E-state index in [9.17, 15) is 9.59 Å². The molecule has 2 aliphatic heterocycles. The molecule has 1 saturated carbocycles. The minimum atomic E-state index is -0.192. The average Bonchev–Trinajstić information content (AvgIpc) is 2.86. The molecule has 1 N–H and O–H groups in total. The zero-order valence-electron chi connectivity index (χ0n) is 19.9. The molecule has 3 aliphatic rings. The van der Waals surface area contributed by atoms with Crippen LogP contribution in [-0.4, -0.2) is 78.8 Å². The highest BCUT2D eigenvalue weighted by atomic mass is 16.5. The number of carbonyl (C=O) groups excluding carboxylic acids is 2. The number of ether oxygens (including phenoxy) is 1. The summed E-state index contributed by atoms with van der Waals surface area (Å²) in [5.74, 6) is 0.572. The molecule has 33 heavy (non-hydrogen) atoms. The van der Waals surface area contributed by atoms with Gasteiger partial charge in [0.25, 0.3) is 0 Å². The Morgan fingerprint density at radius 1 is 0.848 bits per heavy atom. The van der Waals surface area contributed by atoms with Crippen molar-refractivity contribution in [2.24, 2.45) is 5.92 Å². The van der Waals surface area contributed by atoms with Gasteiger partial charge in [-0.3, -0.25) is 4.79 Å². The average molecular weight is 457 g/mol. The fourth-order valence-electron chi connectivity index (χ4n) is 5.35. The predicted octanol–water partition coefficient (Wildman–Crippen LogP) is 3.45. The quantitative estimate of drug-likeness (QED) is 0.637. The Balaban J connectivity index is 1.09. The van der Waals surface area contributed by atoms with Crippen LogP contribution in [0.15, 0.2) is 30.3 Å². The van der Waals surface area contributed by atoms with Crippen LogP contribution in [0.5, 0.6) is 0 Å². The van der Waals surface area contributed by atoms with Gasteiger partial charge in [-0.2, -0.15) is 0 Å². The molecule has 1 aliphatic carbocycles. The van der Waals surface area contributed by atoms with E-state index in [-0.39, 0.29) is 24.5 Å². The van der Waals surface area contributed by atoms with E-state index in [2.05, 4.69) is 45.7 Å². The molecule has 7 nitrogen and oxygen atoms in total. The zero-order chi connectivity index (χ0) is 22.9. The molecule has 0 aromatic heterocycles. The summed E-state index contributed by atoms with van der Waals surface area (Å²) in [4.78, 5) is 26.4. The van der Waals surface area contributed by atoms with Crippen molar-refractivity contribution in [3.63, 3.8) is 0 Å². The Morgan fingerprint density at radius 2 is 1.52 bits per heavy atom. The number of urea groups is 1. The summed E-state index contributed by atoms with van der Waals surface area (Å²) in [7, 11) is 0. The van der Waals surface area contributed by atoms with Gasteiger partial charge < -0.3 is 15.0 Å². The van der Waals surface area contributed by atoms with Crippen LogP contribution in [0.3, 0.4) is 0 Å². The molecule has 7 heteroatoms. The van der Waals surface area contributed by atoms with Crippen molar-refractivity contribution in [2.75, 3.05) is 45.8 Å². The highest BCUT2D eigenvalue weighted by Gasteiger charge is 2.28. The van der Waals surface area contributed by atoms with Crippen LogP contribution < -0.4 is 5.32 Å². The molecule has 0 bridgehead atoms. The predicted molar refractivity (Wildman–Crippen MR) is 129 cm³/mol. The summed E-state index contributed by atoms with van der Waals surface area (Å²) >= 11 is 0. The molecular formula is C26H40N4O3. The molecule has 0 unspecified atom stereocenters. The number of nitrogens with one attached hydrogen (secondary N) is 1. The van der Waals surface area contributed by atoms with E-state index in [0.717, 1.165) is 70.9 Å². The lowest BCUT2D eigenvalue weighted by molar-refractivity contribution is -0.150. The highest BCUT2D eigenvalue weighted by Crippen LogP contribution is 2.23. The third-order valence-corrected chi connectivity index (χ3v) is 7.36. The Bertz CT molecular complexity index is 737. The van der Waals surface area contributed by atoms with Gasteiger partial charge in [-0.25, -0.2) is 14.8 Å². The van der Waals surface area contributed by atoms with Crippen molar-refractivity contribution < 1.29 is 14.3 Å². The minimum absolute atomic E-state index is 0.0679. The van der Waals surface area contributed by atoms with Crippen LogP contribution in [0.4, 0.5) is 4.79 Å². The van der Waals surface area contributed by atoms with E-state index < -0.39 is 0 Å². The fourth-order valence-corrected chi connectivity index (χ4v) is 5.35. The number of hydrazine groups is 1. The number of piperazine rings is 1. The Hall–Kier alpha value is -2.12.